The number of halogens is 3. The minimum absolute atomic E-state index is 0.138. The Morgan fingerprint density at radius 1 is 1.08 bits per heavy atom. The third-order valence-electron chi connectivity index (χ3n) is 7.24. The number of nitrogens with one attached hydrogen (secondary N) is 1. The van der Waals surface area contributed by atoms with Crippen molar-refractivity contribution >= 4 is 28.1 Å². The highest BCUT2D eigenvalue weighted by Gasteiger charge is 2.43. The summed E-state index contributed by atoms with van der Waals surface area (Å²) in [6.45, 7) is 3.96. The molecule has 7 nitrogen and oxygen atoms in total. The maximum atomic E-state index is 13.2. The number of ether oxygens (including phenoxy) is 1. The number of methoxy groups -OCH3 is 1. The second-order valence-electron chi connectivity index (χ2n) is 9.52. The Hall–Kier alpha value is -3.34. The lowest BCUT2D eigenvalue weighted by molar-refractivity contribution is -0.137. The van der Waals surface area contributed by atoms with Crippen molar-refractivity contribution in [2.75, 3.05) is 30.4 Å². The molecule has 0 radical (unpaired) electrons. The molecule has 3 aromatic heterocycles. The van der Waals surface area contributed by atoms with Crippen LogP contribution in [0.15, 0.2) is 42.6 Å². The molecule has 1 saturated heterocycles. The molecule has 2 bridgehead atoms. The molecule has 3 atom stereocenters. The Bertz CT molecular complexity index is 1400. The van der Waals surface area contributed by atoms with E-state index in [2.05, 4.69) is 25.8 Å². The number of anilines is 2. The minimum atomic E-state index is -4.45. The molecule has 6 rings (SSSR count). The van der Waals surface area contributed by atoms with Crippen LogP contribution in [0.4, 0.5) is 24.1 Å². The van der Waals surface area contributed by atoms with E-state index < -0.39 is 11.7 Å². The number of hydrogen-bond acceptors (Lipinski definition) is 7. The Kier molecular flexibility index (Phi) is 5.55. The van der Waals surface area contributed by atoms with E-state index in [1.165, 1.54) is 18.2 Å². The number of benzene rings is 1. The first-order chi connectivity index (χ1) is 17.3. The molecule has 36 heavy (non-hydrogen) atoms. The van der Waals surface area contributed by atoms with Crippen LogP contribution in [-0.4, -0.2) is 45.2 Å². The number of nitrogens with zero attached hydrogens (tertiary/aromatic N) is 5. The monoisotopic (exact) mass is 514 g/mol. The molecular weight excluding hydrogens is 489 g/mol. The molecule has 1 aromatic carbocycles. The summed E-state index contributed by atoms with van der Waals surface area (Å²) in [6, 6.07) is 9.55. The lowest BCUT2D eigenvalue weighted by atomic mass is 9.92. The summed E-state index contributed by atoms with van der Waals surface area (Å²) >= 11 is 1.56. The van der Waals surface area contributed by atoms with Gasteiger partial charge in [0, 0.05) is 36.5 Å². The molecule has 1 aliphatic heterocycles. The molecule has 0 spiro atoms. The van der Waals surface area contributed by atoms with Gasteiger partial charge in [-0.3, -0.25) is 0 Å². The van der Waals surface area contributed by atoms with Crippen molar-refractivity contribution in [2.45, 2.75) is 32.0 Å². The number of aromatic nitrogens is 4. The fourth-order valence-electron chi connectivity index (χ4n) is 5.55. The van der Waals surface area contributed by atoms with Crippen LogP contribution in [0.1, 0.15) is 24.1 Å². The van der Waals surface area contributed by atoms with Crippen molar-refractivity contribution in [2.24, 2.45) is 11.8 Å². The van der Waals surface area contributed by atoms with Gasteiger partial charge >= 0.3 is 6.18 Å². The van der Waals surface area contributed by atoms with E-state index in [0.29, 0.717) is 34.6 Å². The molecule has 0 amide bonds. The van der Waals surface area contributed by atoms with E-state index in [4.69, 9.17) is 9.72 Å². The summed E-state index contributed by atoms with van der Waals surface area (Å²) < 4.78 is 51.0. The van der Waals surface area contributed by atoms with E-state index in [9.17, 15) is 13.2 Å². The van der Waals surface area contributed by atoms with Crippen LogP contribution < -0.4 is 15.0 Å². The third kappa shape index (κ3) is 4.04. The van der Waals surface area contributed by atoms with Crippen LogP contribution >= 0.6 is 11.5 Å². The highest BCUT2D eigenvalue weighted by molar-refractivity contribution is 7.10. The Morgan fingerprint density at radius 2 is 1.86 bits per heavy atom. The molecule has 1 aliphatic carbocycles. The maximum Gasteiger partial charge on any atom is 0.416 e. The van der Waals surface area contributed by atoms with E-state index in [1.807, 2.05) is 13.0 Å². The van der Waals surface area contributed by atoms with E-state index in [-0.39, 0.29) is 11.8 Å². The predicted octanol–water partition coefficient (Wildman–Crippen LogP) is 5.52. The van der Waals surface area contributed by atoms with Gasteiger partial charge in [0.25, 0.3) is 0 Å². The molecule has 2 aliphatic rings. The van der Waals surface area contributed by atoms with Gasteiger partial charge in [0.1, 0.15) is 10.8 Å². The minimum Gasteiger partial charge on any atom is -0.496 e. The van der Waals surface area contributed by atoms with E-state index >= 15 is 0 Å². The smallest absolute Gasteiger partial charge is 0.416 e. The summed E-state index contributed by atoms with van der Waals surface area (Å²) in [7, 11) is 1.37. The van der Waals surface area contributed by atoms with Gasteiger partial charge < -0.3 is 15.0 Å². The molecule has 0 unspecified atom stereocenters. The number of aryl methyl sites for hydroxylation is 1. The molecular formula is C25H25F3N6OS. The van der Waals surface area contributed by atoms with Gasteiger partial charge in [-0.25, -0.2) is 4.52 Å². The summed E-state index contributed by atoms with van der Waals surface area (Å²) in [5.74, 6) is 1.62. The number of hydrogen-bond donors (Lipinski definition) is 1. The van der Waals surface area contributed by atoms with Crippen LogP contribution in [0, 0.1) is 18.8 Å². The van der Waals surface area contributed by atoms with Crippen LogP contribution in [0.5, 0.6) is 5.75 Å². The number of alkyl halides is 3. The Labute approximate surface area is 210 Å². The Balaban J connectivity index is 1.27. The second kappa shape index (κ2) is 8.65. The highest BCUT2D eigenvalue weighted by Crippen LogP contribution is 2.42. The van der Waals surface area contributed by atoms with Crippen LogP contribution in [0.3, 0.4) is 0 Å². The number of rotatable bonds is 5. The van der Waals surface area contributed by atoms with Crippen molar-refractivity contribution in [3.63, 3.8) is 0 Å². The normalized spacial score (nSPS) is 21.8. The maximum absolute atomic E-state index is 13.2. The predicted molar refractivity (Wildman–Crippen MR) is 133 cm³/mol. The van der Waals surface area contributed by atoms with Crippen LogP contribution in [-0.2, 0) is 6.18 Å². The fraction of sp³-hybridized carbons (Fsp3) is 0.400. The number of pyridine rings is 1. The van der Waals surface area contributed by atoms with Gasteiger partial charge in [0.15, 0.2) is 5.65 Å². The van der Waals surface area contributed by atoms with Gasteiger partial charge in [-0.1, -0.05) is 0 Å². The summed E-state index contributed by atoms with van der Waals surface area (Å²) in [4.78, 5) is 7.19. The Morgan fingerprint density at radius 3 is 2.53 bits per heavy atom. The lowest BCUT2D eigenvalue weighted by Gasteiger charge is -2.38. The lowest BCUT2D eigenvalue weighted by Crippen LogP contribution is -2.48. The summed E-state index contributed by atoms with van der Waals surface area (Å²) in [5.41, 5.74) is 2.04. The fourth-order valence-corrected chi connectivity index (χ4v) is 6.33. The zero-order valence-corrected chi connectivity index (χ0v) is 20.6. The van der Waals surface area contributed by atoms with Crippen molar-refractivity contribution in [3.8, 4) is 16.9 Å². The third-order valence-corrected chi connectivity index (χ3v) is 8.18. The van der Waals surface area contributed by atoms with Gasteiger partial charge in [-0.2, -0.15) is 22.5 Å². The molecule has 1 N–H and O–H groups in total. The topological polar surface area (TPSA) is 67.6 Å². The van der Waals surface area contributed by atoms with Gasteiger partial charge in [-0.15, -0.1) is 5.10 Å². The van der Waals surface area contributed by atoms with Gasteiger partial charge in [0.05, 0.1) is 18.4 Å². The molecule has 4 heterocycles. The molecule has 1 saturated carbocycles. The van der Waals surface area contributed by atoms with Crippen molar-refractivity contribution in [1.29, 1.82) is 0 Å². The van der Waals surface area contributed by atoms with Crippen LogP contribution in [0.25, 0.3) is 16.8 Å². The summed E-state index contributed by atoms with van der Waals surface area (Å²) in [6.07, 6.45) is -0.357. The largest absolute Gasteiger partial charge is 0.496 e. The standard InChI is InChI=1S/C25H25F3N6OS/c1-14-10-21(36-32-14)33-12-15-5-6-16(13-33)22(15)29-24-30-23-19(4-3-9-34(23)31-24)18-8-7-17(25(26,27)28)11-20(18)35-2/h3-4,7-11,15-16,22H,5-6,12-13H2,1-2H3,(H,29,31)/t15-,16+,22-. The summed E-state index contributed by atoms with van der Waals surface area (Å²) in [5, 5.41) is 9.44. The van der Waals surface area contributed by atoms with Gasteiger partial charge in [-0.05, 0) is 79.5 Å². The zero-order chi connectivity index (χ0) is 25.0. The number of fused-ring (bicyclic) bond motifs is 3. The van der Waals surface area contributed by atoms with Gasteiger partial charge in [0.2, 0.25) is 5.95 Å². The average molecular weight is 515 g/mol. The van der Waals surface area contributed by atoms with E-state index in [0.717, 1.165) is 43.8 Å². The first-order valence-corrected chi connectivity index (χ1v) is 12.6. The van der Waals surface area contributed by atoms with Crippen molar-refractivity contribution in [1.82, 2.24) is 19.0 Å². The SMILES string of the molecule is COc1cc(C(F)(F)F)ccc1-c1cccn2nc(N[C@@H]3[C@@H]4CC[C@H]3CN(c3cc(C)ns3)C4)nc12. The first-order valence-electron chi connectivity index (χ1n) is 11.9. The van der Waals surface area contributed by atoms with Crippen LogP contribution in [0.2, 0.25) is 0 Å². The molecule has 188 valence electrons. The number of piperidine rings is 1. The second-order valence-corrected chi connectivity index (χ2v) is 10.3. The molecule has 2 fully saturated rings. The van der Waals surface area contributed by atoms with E-state index in [1.54, 1.807) is 28.3 Å². The highest BCUT2D eigenvalue weighted by atomic mass is 32.1. The van der Waals surface area contributed by atoms with Crippen molar-refractivity contribution < 1.29 is 17.9 Å². The molecule has 11 heteroatoms. The van der Waals surface area contributed by atoms with Crippen molar-refractivity contribution in [3.05, 3.63) is 53.9 Å². The molecule has 4 aromatic rings. The first kappa shape index (κ1) is 23.1. The average Bonchev–Trinajstić information content (AvgIpc) is 3.53. The quantitative estimate of drug-likeness (QED) is 0.379. The zero-order valence-electron chi connectivity index (χ0n) is 19.8.